The molecule has 0 radical (unpaired) electrons. The van der Waals surface area contributed by atoms with Gasteiger partial charge in [0.2, 0.25) is 0 Å². The van der Waals surface area contributed by atoms with Crippen molar-refractivity contribution in [2.45, 2.75) is 32.2 Å². The van der Waals surface area contributed by atoms with Gasteiger partial charge in [-0.25, -0.2) is 4.79 Å². The van der Waals surface area contributed by atoms with Gasteiger partial charge in [0.1, 0.15) is 5.84 Å². The van der Waals surface area contributed by atoms with Gasteiger partial charge >= 0.3 is 6.03 Å². The largest absolute Gasteiger partial charge is 0.378 e. The molecule has 0 bridgehead atoms. The number of nitrogens with zero attached hydrogens (tertiary/aromatic N) is 1. The number of hydrogen-bond donors (Lipinski definition) is 2. The predicted molar refractivity (Wildman–Crippen MR) is 72.4 cm³/mol. The lowest BCUT2D eigenvalue weighted by atomic mass is 10.0. The Morgan fingerprint density at radius 1 is 1.32 bits per heavy atom. The predicted octanol–water partition coefficient (Wildman–Crippen LogP) is 1.04. The molecule has 0 aliphatic rings. The van der Waals surface area contributed by atoms with E-state index in [2.05, 4.69) is 5.32 Å². The highest BCUT2D eigenvalue weighted by atomic mass is 16.7. The summed E-state index contributed by atoms with van der Waals surface area (Å²) in [4.78, 5) is 13.2. The van der Waals surface area contributed by atoms with Crippen LogP contribution in [0.2, 0.25) is 0 Å². The van der Waals surface area contributed by atoms with Crippen molar-refractivity contribution >= 4 is 11.9 Å². The molecule has 0 aromatic carbocycles. The first-order valence-corrected chi connectivity index (χ1v) is 5.96. The van der Waals surface area contributed by atoms with Gasteiger partial charge in [0.05, 0.1) is 12.1 Å². The third-order valence-electron chi connectivity index (χ3n) is 2.71. The van der Waals surface area contributed by atoms with Crippen LogP contribution in [0.25, 0.3) is 0 Å². The van der Waals surface area contributed by atoms with Gasteiger partial charge in [-0.15, -0.1) is 0 Å². The van der Waals surface area contributed by atoms with Gasteiger partial charge in [-0.1, -0.05) is 0 Å². The van der Waals surface area contributed by atoms with Crippen molar-refractivity contribution in [1.82, 2.24) is 10.2 Å². The first-order chi connectivity index (χ1) is 8.75. The SMILES string of the molecule is COC(CN(C)C(=O)NC(=N)CC(C)(C)OC)OC. The van der Waals surface area contributed by atoms with Crippen molar-refractivity contribution in [3.63, 3.8) is 0 Å². The van der Waals surface area contributed by atoms with E-state index in [-0.39, 0.29) is 18.4 Å². The molecular formula is C12H25N3O4. The zero-order valence-electron chi connectivity index (χ0n) is 12.6. The number of methoxy groups -OCH3 is 3. The van der Waals surface area contributed by atoms with Crippen LogP contribution in [0.4, 0.5) is 4.79 Å². The first-order valence-electron chi connectivity index (χ1n) is 5.96. The first kappa shape index (κ1) is 17.8. The van der Waals surface area contributed by atoms with Crippen LogP contribution in [0.15, 0.2) is 0 Å². The highest BCUT2D eigenvalue weighted by Gasteiger charge is 2.21. The second-order valence-corrected chi connectivity index (χ2v) is 4.83. The Hall–Kier alpha value is -1.18. The smallest absolute Gasteiger partial charge is 0.322 e. The molecule has 7 nitrogen and oxygen atoms in total. The van der Waals surface area contributed by atoms with Gasteiger partial charge in [0, 0.05) is 34.8 Å². The summed E-state index contributed by atoms with van der Waals surface area (Å²) in [6, 6.07) is -0.379. The molecule has 0 saturated carbocycles. The molecule has 19 heavy (non-hydrogen) atoms. The fourth-order valence-electron chi connectivity index (χ4n) is 1.32. The van der Waals surface area contributed by atoms with Crippen LogP contribution in [0.1, 0.15) is 20.3 Å². The molecule has 112 valence electrons. The van der Waals surface area contributed by atoms with Crippen molar-refractivity contribution < 1.29 is 19.0 Å². The highest BCUT2D eigenvalue weighted by Crippen LogP contribution is 2.12. The molecule has 7 heteroatoms. The summed E-state index contributed by atoms with van der Waals surface area (Å²) in [5.41, 5.74) is -0.482. The second kappa shape index (κ2) is 8.08. The van der Waals surface area contributed by atoms with Gasteiger partial charge in [-0.2, -0.15) is 0 Å². The highest BCUT2D eigenvalue weighted by molar-refractivity contribution is 5.96. The number of rotatable bonds is 7. The minimum absolute atomic E-state index is 0.107. The Morgan fingerprint density at radius 2 is 1.84 bits per heavy atom. The Labute approximate surface area is 114 Å². The molecule has 0 aliphatic heterocycles. The van der Waals surface area contributed by atoms with Crippen LogP contribution in [0.3, 0.4) is 0 Å². The third-order valence-corrected chi connectivity index (χ3v) is 2.71. The van der Waals surface area contributed by atoms with Crippen LogP contribution < -0.4 is 5.32 Å². The number of ether oxygens (including phenoxy) is 3. The van der Waals surface area contributed by atoms with E-state index in [0.717, 1.165) is 0 Å². The molecule has 0 rings (SSSR count). The third kappa shape index (κ3) is 7.09. The summed E-state index contributed by atoms with van der Waals surface area (Å²) in [5.74, 6) is 0.107. The van der Waals surface area contributed by atoms with Gasteiger partial charge in [-0.05, 0) is 13.8 Å². The molecule has 0 unspecified atom stereocenters. The van der Waals surface area contributed by atoms with E-state index in [0.29, 0.717) is 6.42 Å². The zero-order chi connectivity index (χ0) is 15.1. The molecule has 0 aromatic heterocycles. The number of nitrogens with one attached hydrogen (secondary N) is 2. The van der Waals surface area contributed by atoms with E-state index in [4.69, 9.17) is 19.6 Å². The summed E-state index contributed by atoms with van der Waals surface area (Å²) in [7, 11) is 6.18. The molecule has 0 fully saturated rings. The lowest BCUT2D eigenvalue weighted by molar-refractivity contribution is -0.109. The lowest BCUT2D eigenvalue weighted by Gasteiger charge is -2.25. The zero-order valence-corrected chi connectivity index (χ0v) is 12.6. The van der Waals surface area contributed by atoms with Crippen molar-refractivity contribution in [3.05, 3.63) is 0 Å². The minimum Gasteiger partial charge on any atom is -0.378 e. The Balaban J connectivity index is 4.26. The van der Waals surface area contributed by atoms with Crippen LogP contribution >= 0.6 is 0 Å². The van der Waals surface area contributed by atoms with E-state index in [1.54, 1.807) is 14.2 Å². The van der Waals surface area contributed by atoms with Gasteiger partial charge < -0.3 is 19.1 Å². The van der Waals surface area contributed by atoms with E-state index in [9.17, 15) is 4.79 Å². The fourth-order valence-corrected chi connectivity index (χ4v) is 1.32. The van der Waals surface area contributed by atoms with E-state index in [1.165, 1.54) is 19.1 Å². The molecule has 0 spiro atoms. The molecule has 0 saturated heterocycles. The quantitative estimate of drug-likeness (QED) is 0.413. The Morgan fingerprint density at radius 3 is 2.26 bits per heavy atom. The van der Waals surface area contributed by atoms with Crippen LogP contribution in [0, 0.1) is 5.41 Å². The maximum absolute atomic E-state index is 11.8. The maximum atomic E-state index is 11.8. The summed E-state index contributed by atoms with van der Waals surface area (Å²) >= 11 is 0. The van der Waals surface area contributed by atoms with Crippen molar-refractivity contribution in [2.24, 2.45) is 0 Å². The summed E-state index contributed by atoms with van der Waals surface area (Å²) < 4.78 is 15.2. The number of urea groups is 1. The van der Waals surface area contributed by atoms with E-state index < -0.39 is 11.9 Å². The monoisotopic (exact) mass is 275 g/mol. The molecule has 0 heterocycles. The van der Waals surface area contributed by atoms with Gasteiger partial charge in [0.15, 0.2) is 6.29 Å². The molecule has 0 aliphatic carbocycles. The second-order valence-electron chi connectivity index (χ2n) is 4.83. The normalized spacial score (nSPS) is 11.5. The fraction of sp³-hybridized carbons (Fsp3) is 0.833. The molecule has 0 aromatic rings. The number of likely N-dealkylation sites (N-methyl/N-ethyl adjacent to an activating group) is 1. The summed E-state index contributed by atoms with van der Waals surface area (Å²) in [5, 5.41) is 10.2. The standard InChI is InChI=1S/C12H25N3O4/c1-12(2,19-6)7-9(13)14-11(16)15(3)8-10(17-4)18-5/h10H,7-8H2,1-6H3,(H2,13,14,16). The number of hydrogen-bond acceptors (Lipinski definition) is 5. The van der Waals surface area contributed by atoms with Crippen molar-refractivity contribution in [1.29, 1.82) is 5.41 Å². The number of carbonyl (C=O) groups excluding carboxylic acids is 1. The molecule has 2 N–H and O–H groups in total. The van der Waals surface area contributed by atoms with E-state index >= 15 is 0 Å². The molecular weight excluding hydrogens is 250 g/mol. The summed E-state index contributed by atoms with van der Waals surface area (Å²) in [6.07, 6.45) is -0.165. The Bertz CT molecular complexity index is 303. The minimum atomic E-state index is -0.486. The lowest BCUT2D eigenvalue weighted by Crippen LogP contribution is -2.45. The Kier molecular flexibility index (Phi) is 7.58. The van der Waals surface area contributed by atoms with Gasteiger partial charge in [0.25, 0.3) is 0 Å². The number of carbonyl (C=O) groups is 1. The van der Waals surface area contributed by atoms with Gasteiger partial charge in [-0.3, -0.25) is 10.7 Å². The van der Waals surface area contributed by atoms with Crippen LogP contribution in [-0.4, -0.2) is 63.6 Å². The van der Waals surface area contributed by atoms with E-state index in [1.807, 2.05) is 13.8 Å². The number of amidine groups is 1. The molecule has 0 atom stereocenters. The molecule has 2 amide bonds. The maximum Gasteiger partial charge on any atom is 0.322 e. The average Bonchev–Trinajstić information content (AvgIpc) is 2.34. The topological polar surface area (TPSA) is 83.9 Å². The number of amides is 2. The van der Waals surface area contributed by atoms with Crippen molar-refractivity contribution in [3.8, 4) is 0 Å². The summed E-state index contributed by atoms with van der Waals surface area (Å²) in [6.45, 7) is 3.98. The average molecular weight is 275 g/mol. The van der Waals surface area contributed by atoms with Crippen LogP contribution in [0.5, 0.6) is 0 Å². The van der Waals surface area contributed by atoms with Crippen LogP contribution in [-0.2, 0) is 14.2 Å². The van der Waals surface area contributed by atoms with Crippen molar-refractivity contribution in [2.75, 3.05) is 34.9 Å².